The first kappa shape index (κ1) is 13.4. The third kappa shape index (κ3) is 3.05. The van der Waals surface area contributed by atoms with E-state index in [1.165, 1.54) is 30.9 Å². The van der Waals surface area contributed by atoms with Crippen LogP contribution in [0, 0.1) is 5.82 Å². The van der Waals surface area contributed by atoms with Crippen LogP contribution in [0.4, 0.5) is 20.6 Å². The van der Waals surface area contributed by atoms with Crippen LogP contribution in [0.5, 0.6) is 0 Å². The third-order valence-electron chi connectivity index (χ3n) is 2.29. The Morgan fingerprint density at radius 3 is 2.50 bits per heavy atom. The number of nitrogens with zero attached hydrogens (tertiary/aromatic N) is 2. The van der Waals surface area contributed by atoms with E-state index in [1.54, 1.807) is 0 Å². The average molecular weight is 276 g/mol. The molecule has 20 heavy (non-hydrogen) atoms. The summed E-state index contributed by atoms with van der Waals surface area (Å²) in [5.41, 5.74) is -0.433. The first-order valence-corrected chi connectivity index (χ1v) is 5.43. The summed E-state index contributed by atoms with van der Waals surface area (Å²) in [5.74, 6) is -2.40. The second-order valence-corrected chi connectivity index (χ2v) is 3.67. The number of hydrogen-bond donors (Lipinski definition) is 3. The first-order valence-electron chi connectivity index (χ1n) is 5.43. The lowest BCUT2D eigenvalue weighted by Crippen LogP contribution is -2.21. The predicted molar refractivity (Wildman–Crippen MR) is 68.0 cm³/mol. The standard InChI is InChI=1S/C12H9FN4O3/c13-8-2-1-3-9(10(8)11(18)19)17-12(20)16-7-4-14-6-15-5-7/h1-6H,(H,18,19)(H2,16,17,20). The van der Waals surface area contributed by atoms with E-state index in [-0.39, 0.29) is 5.69 Å². The number of benzene rings is 1. The average Bonchev–Trinajstić information content (AvgIpc) is 2.39. The minimum atomic E-state index is -1.47. The van der Waals surface area contributed by atoms with Crippen LogP contribution in [0.1, 0.15) is 10.4 Å². The zero-order valence-corrected chi connectivity index (χ0v) is 10.0. The number of hydrogen-bond acceptors (Lipinski definition) is 4. The highest BCUT2D eigenvalue weighted by Crippen LogP contribution is 2.19. The number of aromatic nitrogens is 2. The lowest BCUT2D eigenvalue weighted by atomic mass is 10.1. The summed E-state index contributed by atoms with van der Waals surface area (Å²) in [6.07, 6.45) is 4.00. The minimum absolute atomic E-state index is 0.146. The number of carboxylic acid groups (broad SMARTS) is 1. The molecule has 0 spiro atoms. The van der Waals surface area contributed by atoms with Gasteiger partial charge < -0.3 is 15.7 Å². The smallest absolute Gasteiger partial charge is 0.340 e. The van der Waals surface area contributed by atoms with Gasteiger partial charge in [-0.1, -0.05) is 6.07 Å². The van der Waals surface area contributed by atoms with E-state index < -0.39 is 23.4 Å². The lowest BCUT2D eigenvalue weighted by molar-refractivity contribution is 0.0693. The van der Waals surface area contributed by atoms with E-state index in [9.17, 15) is 14.0 Å². The van der Waals surface area contributed by atoms with Gasteiger partial charge in [0.05, 0.1) is 23.8 Å². The maximum absolute atomic E-state index is 13.4. The van der Waals surface area contributed by atoms with E-state index in [1.807, 2.05) is 0 Å². The molecule has 0 aliphatic rings. The summed E-state index contributed by atoms with van der Waals surface area (Å²) in [4.78, 5) is 30.0. The summed E-state index contributed by atoms with van der Waals surface area (Å²) >= 11 is 0. The fourth-order valence-corrected chi connectivity index (χ4v) is 1.49. The second-order valence-electron chi connectivity index (χ2n) is 3.67. The SMILES string of the molecule is O=C(Nc1cncnc1)Nc1cccc(F)c1C(=O)O. The summed E-state index contributed by atoms with van der Waals surface area (Å²) < 4.78 is 13.4. The van der Waals surface area contributed by atoms with Crippen molar-refractivity contribution in [3.8, 4) is 0 Å². The van der Waals surface area contributed by atoms with Crippen molar-refractivity contribution < 1.29 is 19.1 Å². The zero-order valence-electron chi connectivity index (χ0n) is 10.0. The fraction of sp³-hybridized carbons (Fsp3) is 0. The first-order chi connectivity index (χ1) is 9.58. The number of carbonyl (C=O) groups excluding carboxylic acids is 1. The highest BCUT2D eigenvalue weighted by molar-refractivity contribution is 6.04. The quantitative estimate of drug-likeness (QED) is 0.794. The van der Waals surface area contributed by atoms with Gasteiger partial charge in [-0.3, -0.25) is 0 Å². The van der Waals surface area contributed by atoms with Crippen molar-refractivity contribution in [3.63, 3.8) is 0 Å². The molecule has 3 N–H and O–H groups in total. The van der Waals surface area contributed by atoms with E-state index in [0.29, 0.717) is 5.69 Å². The van der Waals surface area contributed by atoms with Crippen molar-refractivity contribution >= 4 is 23.4 Å². The molecule has 1 aromatic heterocycles. The van der Waals surface area contributed by atoms with Gasteiger partial charge in [-0.25, -0.2) is 23.9 Å². The van der Waals surface area contributed by atoms with Crippen LogP contribution in [0.3, 0.4) is 0 Å². The van der Waals surface area contributed by atoms with Crippen molar-refractivity contribution in [1.29, 1.82) is 0 Å². The van der Waals surface area contributed by atoms with Gasteiger partial charge >= 0.3 is 12.0 Å². The summed E-state index contributed by atoms with van der Waals surface area (Å²) in [5, 5.41) is 13.6. The number of carboxylic acids is 1. The second kappa shape index (κ2) is 5.74. The van der Waals surface area contributed by atoms with Crippen molar-refractivity contribution in [2.45, 2.75) is 0 Å². The number of rotatable bonds is 3. The van der Waals surface area contributed by atoms with E-state index >= 15 is 0 Å². The van der Waals surface area contributed by atoms with Gasteiger partial charge in [-0.15, -0.1) is 0 Å². The molecule has 0 fully saturated rings. The summed E-state index contributed by atoms with van der Waals surface area (Å²) in [6.45, 7) is 0. The van der Waals surface area contributed by atoms with Gasteiger partial charge in [0.15, 0.2) is 0 Å². The van der Waals surface area contributed by atoms with Crippen molar-refractivity contribution in [2.75, 3.05) is 10.6 Å². The summed E-state index contributed by atoms with van der Waals surface area (Å²) in [6, 6.07) is 2.85. The molecule has 1 heterocycles. The lowest BCUT2D eigenvalue weighted by Gasteiger charge is -2.09. The molecule has 0 bridgehead atoms. The number of aromatic carboxylic acids is 1. The molecule has 7 nitrogen and oxygen atoms in total. The number of carbonyl (C=O) groups is 2. The van der Waals surface area contributed by atoms with Crippen LogP contribution in [0.25, 0.3) is 0 Å². The van der Waals surface area contributed by atoms with Gasteiger partial charge in [0, 0.05) is 0 Å². The molecule has 0 saturated carbocycles. The van der Waals surface area contributed by atoms with Gasteiger partial charge in [0.25, 0.3) is 0 Å². The Kier molecular flexibility index (Phi) is 3.85. The molecule has 2 aromatic rings. The highest BCUT2D eigenvalue weighted by Gasteiger charge is 2.17. The molecule has 0 atom stereocenters. The molecule has 0 aliphatic heterocycles. The van der Waals surface area contributed by atoms with Crippen LogP contribution in [0.2, 0.25) is 0 Å². The summed E-state index contributed by atoms with van der Waals surface area (Å²) in [7, 11) is 0. The third-order valence-corrected chi connectivity index (χ3v) is 2.29. The van der Waals surface area contributed by atoms with E-state index in [2.05, 4.69) is 20.6 Å². The van der Waals surface area contributed by atoms with Gasteiger partial charge in [0.1, 0.15) is 17.7 Å². The van der Waals surface area contributed by atoms with Crippen molar-refractivity contribution in [2.24, 2.45) is 0 Å². The van der Waals surface area contributed by atoms with Crippen LogP contribution < -0.4 is 10.6 Å². The zero-order chi connectivity index (χ0) is 14.5. The number of nitrogens with one attached hydrogen (secondary N) is 2. The molecule has 0 unspecified atom stereocenters. The Morgan fingerprint density at radius 1 is 1.15 bits per heavy atom. The van der Waals surface area contributed by atoms with Crippen LogP contribution in [-0.2, 0) is 0 Å². The maximum atomic E-state index is 13.4. The predicted octanol–water partition coefficient (Wildman–Crippen LogP) is 1.96. The topological polar surface area (TPSA) is 104 Å². The molecular formula is C12H9FN4O3. The van der Waals surface area contributed by atoms with Crippen molar-refractivity contribution in [3.05, 3.63) is 48.3 Å². The Labute approximate surface area is 112 Å². The molecule has 102 valence electrons. The van der Waals surface area contributed by atoms with E-state index in [4.69, 9.17) is 5.11 Å². The Morgan fingerprint density at radius 2 is 1.85 bits per heavy atom. The molecule has 0 saturated heterocycles. The van der Waals surface area contributed by atoms with Crippen LogP contribution in [0.15, 0.2) is 36.9 Å². The van der Waals surface area contributed by atoms with E-state index in [0.717, 1.165) is 6.07 Å². The normalized spacial score (nSPS) is 9.85. The minimum Gasteiger partial charge on any atom is -0.478 e. The van der Waals surface area contributed by atoms with Gasteiger partial charge in [-0.2, -0.15) is 0 Å². The Balaban J connectivity index is 2.16. The van der Waals surface area contributed by atoms with Crippen LogP contribution in [-0.4, -0.2) is 27.1 Å². The molecule has 0 aliphatic carbocycles. The van der Waals surface area contributed by atoms with Gasteiger partial charge in [-0.05, 0) is 12.1 Å². The molecule has 0 radical (unpaired) electrons. The Bertz CT molecular complexity index is 648. The number of anilines is 2. The molecule has 1 aromatic carbocycles. The Hall–Kier alpha value is -3.03. The number of halogens is 1. The molecule has 2 amide bonds. The monoisotopic (exact) mass is 276 g/mol. The largest absolute Gasteiger partial charge is 0.478 e. The maximum Gasteiger partial charge on any atom is 0.340 e. The highest BCUT2D eigenvalue weighted by atomic mass is 19.1. The number of amides is 2. The molecule has 2 rings (SSSR count). The molecule has 8 heteroatoms. The van der Waals surface area contributed by atoms with Gasteiger partial charge in [0.2, 0.25) is 0 Å². The number of urea groups is 1. The van der Waals surface area contributed by atoms with Crippen molar-refractivity contribution in [1.82, 2.24) is 9.97 Å². The molecular weight excluding hydrogens is 267 g/mol. The van der Waals surface area contributed by atoms with Crippen LogP contribution >= 0.6 is 0 Å². The fourth-order valence-electron chi connectivity index (χ4n) is 1.49.